The molecule has 0 atom stereocenters. The van der Waals surface area contributed by atoms with Crippen molar-refractivity contribution >= 4 is 21.9 Å². The van der Waals surface area contributed by atoms with Crippen LogP contribution in [0.5, 0.6) is 0 Å². The molecule has 0 bridgehead atoms. The minimum Gasteiger partial charge on any atom is -0.464 e. The van der Waals surface area contributed by atoms with Crippen LogP contribution in [-0.2, 0) is 6.42 Å². The zero-order valence-corrected chi connectivity index (χ0v) is 8.77. The molecule has 0 spiro atoms. The molecule has 3 heteroatoms. The molecule has 0 aliphatic rings. The average molecular weight is 216 g/mol. The number of aryl methyl sites for hydroxylation is 1. The first kappa shape index (κ1) is 9.48. The second-order valence-corrected chi connectivity index (χ2v) is 3.85. The van der Waals surface area contributed by atoms with Crippen LogP contribution in [0.2, 0.25) is 0 Å². The van der Waals surface area contributed by atoms with Gasteiger partial charge in [0.15, 0.2) is 0 Å². The summed E-state index contributed by atoms with van der Waals surface area (Å²) in [5.41, 5.74) is 2.91. The van der Waals surface area contributed by atoms with E-state index in [0.717, 1.165) is 40.3 Å². The topological polar surface area (TPSA) is 46.5 Å². The number of benzene rings is 1. The summed E-state index contributed by atoms with van der Waals surface area (Å²) in [6.45, 7) is 0.191. The number of furan rings is 2. The van der Waals surface area contributed by atoms with Gasteiger partial charge in [0, 0.05) is 22.9 Å². The van der Waals surface area contributed by atoms with Crippen LogP contribution in [0, 0.1) is 0 Å². The van der Waals surface area contributed by atoms with Crippen LogP contribution in [0.15, 0.2) is 39.6 Å². The van der Waals surface area contributed by atoms with Crippen molar-refractivity contribution in [3.63, 3.8) is 0 Å². The Balaban J connectivity index is 2.29. The van der Waals surface area contributed by atoms with Crippen molar-refractivity contribution in [2.24, 2.45) is 0 Å². The third-order valence-electron chi connectivity index (χ3n) is 2.86. The maximum Gasteiger partial charge on any atom is 0.137 e. The standard InChI is InChI=1S/C13H12O3/c14-5-1-2-11-10-4-7-15-12(10)8-9-3-6-16-13(9)11/h3-4,6-8,14H,1-2,5H2. The fraction of sp³-hybridized carbons (Fsp3) is 0.231. The minimum atomic E-state index is 0.191. The largest absolute Gasteiger partial charge is 0.464 e. The van der Waals surface area contributed by atoms with Gasteiger partial charge in [0.1, 0.15) is 11.2 Å². The Morgan fingerprint density at radius 2 is 2.00 bits per heavy atom. The highest BCUT2D eigenvalue weighted by Crippen LogP contribution is 2.30. The van der Waals surface area contributed by atoms with Gasteiger partial charge in [0.25, 0.3) is 0 Å². The van der Waals surface area contributed by atoms with Gasteiger partial charge in [-0.3, -0.25) is 0 Å². The van der Waals surface area contributed by atoms with Crippen molar-refractivity contribution < 1.29 is 13.9 Å². The van der Waals surface area contributed by atoms with Crippen molar-refractivity contribution in [2.45, 2.75) is 12.8 Å². The monoisotopic (exact) mass is 216 g/mol. The minimum absolute atomic E-state index is 0.191. The molecule has 3 nitrogen and oxygen atoms in total. The van der Waals surface area contributed by atoms with Gasteiger partial charge >= 0.3 is 0 Å². The smallest absolute Gasteiger partial charge is 0.137 e. The molecule has 0 unspecified atom stereocenters. The van der Waals surface area contributed by atoms with Crippen LogP contribution < -0.4 is 0 Å². The molecule has 3 aromatic rings. The van der Waals surface area contributed by atoms with Crippen LogP contribution in [0.25, 0.3) is 21.9 Å². The fourth-order valence-corrected chi connectivity index (χ4v) is 2.13. The second-order valence-electron chi connectivity index (χ2n) is 3.85. The van der Waals surface area contributed by atoms with Crippen molar-refractivity contribution in [3.8, 4) is 0 Å². The maximum atomic E-state index is 8.92. The quantitative estimate of drug-likeness (QED) is 0.731. The van der Waals surface area contributed by atoms with Gasteiger partial charge in [0.2, 0.25) is 0 Å². The molecule has 0 aliphatic heterocycles. The van der Waals surface area contributed by atoms with Crippen LogP contribution in [0.1, 0.15) is 12.0 Å². The summed E-state index contributed by atoms with van der Waals surface area (Å²) < 4.78 is 10.9. The van der Waals surface area contributed by atoms with Gasteiger partial charge in [-0.2, -0.15) is 0 Å². The van der Waals surface area contributed by atoms with E-state index < -0.39 is 0 Å². The van der Waals surface area contributed by atoms with Gasteiger partial charge in [-0.15, -0.1) is 0 Å². The molecule has 0 radical (unpaired) electrons. The molecule has 2 aromatic heterocycles. The summed E-state index contributed by atoms with van der Waals surface area (Å²) in [7, 11) is 0. The van der Waals surface area contributed by atoms with E-state index in [-0.39, 0.29) is 6.61 Å². The van der Waals surface area contributed by atoms with Crippen molar-refractivity contribution in [1.29, 1.82) is 0 Å². The SMILES string of the molecule is OCCCc1c2ccoc2cc2ccoc12. The molecule has 0 fully saturated rings. The summed E-state index contributed by atoms with van der Waals surface area (Å²) >= 11 is 0. The molecular formula is C13H12O3. The van der Waals surface area contributed by atoms with E-state index >= 15 is 0 Å². The normalized spacial score (nSPS) is 11.6. The lowest BCUT2D eigenvalue weighted by atomic mass is 10.0. The molecule has 0 saturated heterocycles. The van der Waals surface area contributed by atoms with E-state index in [4.69, 9.17) is 13.9 Å². The highest BCUT2D eigenvalue weighted by molar-refractivity contribution is 5.97. The van der Waals surface area contributed by atoms with E-state index in [1.165, 1.54) is 0 Å². The highest BCUT2D eigenvalue weighted by atomic mass is 16.3. The first-order chi connectivity index (χ1) is 7.90. The molecular weight excluding hydrogens is 204 g/mol. The first-order valence-electron chi connectivity index (χ1n) is 5.37. The van der Waals surface area contributed by atoms with Crippen LogP contribution in [-0.4, -0.2) is 11.7 Å². The molecule has 1 aromatic carbocycles. The molecule has 0 saturated carbocycles. The van der Waals surface area contributed by atoms with Crippen molar-refractivity contribution in [1.82, 2.24) is 0 Å². The summed E-state index contributed by atoms with van der Waals surface area (Å²) in [5, 5.41) is 11.0. The van der Waals surface area contributed by atoms with Gasteiger partial charge < -0.3 is 13.9 Å². The predicted molar refractivity (Wildman–Crippen MR) is 61.4 cm³/mol. The zero-order chi connectivity index (χ0) is 11.0. The number of fused-ring (bicyclic) bond motifs is 2. The Morgan fingerprint density at radius 3 is 2.88 bits per heavy atom. The molecule has 3 rings (SSSR count). The number of aliphatic hydroxyl groups is 1. The number of hydrogen-bond donors (Lipinski definition) is 1. The summed E-state index contributed by atoms with van der Waals surface area (Å²) in [5.74, 6) is 0. The highest BCUT2D eigenvalue weighted by Gasteiger charge is 2.11. The summed E-state index contributed by atoms with van der Waals surface area (Å²) in [6.07, 6.45) is 4.91. The number of aliphatic hydroxyl groups excluding tert-OH is 1. The molecule has 2 heterocycles. The predicted octanol–water partition coefficient (Wildman–Crippen LogP) is 3.10. The van der Waals surface area contributed by atoms with Gasteiger partial charge in [0.05, 0.1) is 12.5 Å². The molecule has 1 N–H and O–H groups in total. The summed E-state index contributed by atoms with van der Waals surface area (Å²) in [4.78, 5) is 0. The van der Waals surface area contributed by atoms with Crippen molar-refractivity contribution in [3.05, 3.63) is 36.3 Å². The molecule has 0 amide bonds. The van der Waals surface area contributed by atoms with Gasteiger partial charge in [-0.25, -0.2) is 0 Å². The lowest BCUT2D eigenvalue weighted by molar-refractivity contribution is 0.289. The number of rotatable bonds is 3. The Morgan fingerprint density at radius 1 is 1.12 bits per heavy atom. The molecule has 16 heavy (non-hydrogen) atoms. The third-order valence-corrected chi connectivity index (χ3v) is 2.86. The van der Waals surface area contributed by atoms with E-state index in [1.54, 1.807) is 12.5 Å². The Hall–Kier alpha value is -1.74. The van der Waals surface area contributed by atoms with Crippen molar-refractivity contribution in [2.75, 3.05) is 6.61 Å². The average Bonchev–Trinajstić information content (AvgIpc) is 2.91. The van der Waals surface area contributed by atoms with E-state index in [1.807, 2.05) is 18.2 Å². The third kappa shape index (κ3) is 1.32. The van der Waals surface area contributed by atoms with Crippen LogP contribution in [0.4, 0.5) is 0 Å². The molecule has 0 aliphatic carbocycles. The first-order valence-corrected chi connectivity index (χ1v) is 5.37. The fourth-order valence-electron chi connectivity index (χ4n) is 2.13. The zero-order valence-electron chi connectivity index (χ0n) is 8.77. The van der Waals surface area contributed by atoms with Crippen LogP contribution in [0.3, 0.4) is 0 Å². The maximum absolute atomic E-state index is 8.92. The lowest BCUT2D eigenvalue weighted by Gasteiger charge is -2.02. The Labute approximate surface area is 92.3 Å². The van der Waals surface area contributed by atoms with E-state index in [2.05, 4.69) is 0 Å². The van der Waals surface area contributed by atoms with Crippen LogP contribution >= 0.6 is 0 Å². The lowest BCUT2D eigenvalue weighted by Crippen LogP contribution is -1.90. The van der Waals surface area contributed by atoms with Gasteiger partial charge in [-0.1, -0.05) is 0 Å². The Bertz CT molecular complexity index is 569. The van der Waals surface area contributed by atoms with E-state index in [9.17, 15) is 0 Å². The Kier molecular flexibility index (Phi) is 2.18. The molecule has 82 valence electrons. The second kappa shape index (κ2) is 3.68. The summed E-state index contributed by atoms with van der Waals surface area (Å²) in [6, 6.07) is 5.86. The number of hydrogen-bond acceptors (Lipinski definition) is 3. The van der Waals surface area contributed by atoms with E-state index in [0.29, 0.717) is 0 Å². The van der Waals surface area contributed by atoms with Gasteiger partial charge in [-0.05, 0) is 31.0 Å².